The molecule has 2 fully saturated rings. The van der Waals surface area contributed by atoms with Gasteiger partial charge in [0.25, 0.3) is 5.91 Å². The van der Waals surface area contributed by atoms with E-state index >= 15 is 0 Å². The Hall–Kier alpha value is -1.67. The fourth-order valence-corrected chi connectivity index (χ4v) is 2.47. The van der Waals surface area contributed by atoms with Crippen molar-refractivity contribution in [2.24, 2.45) is 0 Å². The van der Waals surface area contributed by atoms with Crippen molar-refractivity contribution >= 4 is 17.8 Å². The lowest BCUT2D eigenvalue weighted by Gasteiger charge is -2.35. The number of ether oxygens (including phenoxy) is 2. The highest BCUT2D eigenvalue weighted by Gasteiger charge is 2.31. The summed E-state index contributed by atoms with van der Waals surface area (Å²) in [4.78, 5) is 37.5. The van der Waals surface area contributed by atoms with Crippen LogP contribution in [-0.4, -0.2) is 84.8 Å². The Kier molecular flexibility index (Phi) is 5.51. The maximum absolute atomic E-state index is 12.1. The number of amides is 2. The Balaban J connectivity index is 1.71. The zero-order valence-electron chi connectivity index (χ0n) is 11.8. The van der Waals surface area contributed by atoms with Gasteiger partial charge in [0.15, 0.2) is 0 Å². The summed E-state index contributed by atoms with van der Waals surface area (Å²) in [5.41, 5.74) is 0. The number of rotatable bonds is 5. The SMILES string of the molecule is O=C(O)COCC(=O)N1CCN(C(=O)C2CCCO2)CC1. The number of carboxylic acid groups (broad SMARTS) is 1. The normalized spacial score (nSPS) is 22.4. The van der Waals surface area contributed by atoms with Crippen LogP contribution in [0.5, 0.6) is 0 Å². The second kappa shape index (κ2) is 7.37. The minimum Gasteiger partial charge on any atom is -0.480 e. The molecule has 118 valence electrons. The third-order valence-corrected chi connectivity index (χ3v) is 3.60. The van der Waals surface area contributed by atoms with Gasteiger partial charge in [-0.15, -0.1) is 0 Å². The molecule has 0 spiro atoms. The van der Waals surface area contributed by atoms with Gasteiger partial charge in [0.1, 0.15) is 19.3 Å². The molecular weight excluding hydrogens is 280 g/mol. The van der Waals surface area contributed by atoms with Crippen LogP contribution in [0.15, 0.2) is 0 Å². The van der Waals surface area contributed by atoms with Gasteiger partial charge in [0.2, 0.25) is 5.91 Å². The lowest BCUT2D eigenvalue weighted by atomic mass is 10.2. The van der Waals surface area contributed by atoms with Gasteiger partial charge in [-0.05, 0) is 12.8 Å². The molecule has 1 unspecified atom stereocenters. The van der Waals surface area contributed by atoms with Gasteiger partial charge in [-0.3, -0.25) is 9.59 Å². The number of aliphatic carboxylic acids is 1. The lowest BCUT2D eigenvalue weighted by Crippen LogP contribution is -2.53. The molecule has 0 bridgehead atoms. The van der Waals surface area contributed by atoms with Crippen molar-refractivity contribution in [3.05, 3.63) is 0 Å². The van der Waals surface area contributed by atoms with E-state index in [2.05, 4.69) is 0 Å². The first-order chi connectivity index (χ1) is 10.1. The number of carbonyl (C=O) groups is 3. The largest absolute Gasteiger partial charge is 0.480 e. The fraction of sp³-hybridized carbons (Fsp3) is 0.769. The van der Waals surface area contributed by atoms with Gasteiger partial charge in [-0.1, -0.05) is 0 Å². The third kappa shape index (κ3) is 4.40. The Bertz CT molecular complexity index is 399. The van der Waals surface area contributed by atoms with Crippen LogP contribution < -0.4 is 0 Å². The van der Waals surface area contributed by atoms with Gasteiger partial charge in [-0.25, -0.2) is 4.79 Å². The standard InChI is InChI=1S/C13H20N2O6/c16-11(8-20-9-12(17)18)14-3-5-15(6-4-14)13(19)10-2-1-7-21-10/h10H,1-9H2,(H,17,18). The minimum atomic E-state index is -1.10. The summed E-state index contributed by atoms with van der Waals surface area (Å²) in [6, 6.07) is 0. The molecule has 2 saturated heterocycles. The number of carboxylic acids is 1. The zero-order chi connectivity index (χ0) is 15.2. The summed E-state index contributed by atoms with van der Waals surface area (Å²) in [6.07, 6.45) is 1.35. The maximum Gasteiger partial charge on any atom is 0.329 e. The van der Waals surface area contributed by atoms with E-state index in [1.165, 1.54) is 0 Å². The monoisotopic (exact) mass is 300 g/mol. The molecule has 2 aliphatic heterocycles. The van der Waals surface area contributed by atoms with Crippen molar-refractivity contribution in [1.29, 1.82) is 0 Å². The van der Waals surface area contributed by atoms with Crippen molar-refractivity contribution in [3.63, 3.8) is 0 Å². The number of carbonyl (C=O) groups excluding carboxylic acids is 2. The molecule has 2 rings (SSSR count). The van der Waals surface area contributed by atoms with Crippen LogP contribution in [0, 0.1) is 0 Å². The van der Waals surface area contributed by atoms with E-state index in [4.69, 9.17) is 14.6 Å². The Morgan fingerprint density at radius 1 is 1.10 bits per heavy atom. The molecule has 0 aromatic heterocycles. The topological polar surface area (TPSA) is 96.4 Å². The summed E-state index contributed by atoms with van der Waals surface area (Å²) in [6.45, 7) is 1.74. The number of hydrogen-bond donors (Lipinski definition) is 1. The lowest BCUT2D eigenvalue weighted by molar-refractivity contribution is -0.150. The summed E-state index contributed by atoms with van der Waals surface area (Å²) in [7, 11) is 0. The number of piperazine rings is 1. The van der Waals surface area contributed by atoms with Gasteiger partial charge in [-0.2, -0.15) is 0 Å². The molecule has 0 aromatic carbocycles. The summed E-state index contributed by atoms with van der Waals surface area (Å²) in [5, 5.41) is 8.43. The fourth-order valence-electron chi connectivity index (χ4n) is 2.47. The predicted molar refractivity (Wildman–Crippen MR) is 70.6 cm³/mol. The molecule has 1 N–H and O–H groups in total. The highest BCUT2D eigenvalue weighted by atomic mass is 16.5. The van der Waals surface area contributed by atoms with Crippen LogP contribution >= 0.6 is 0 Å². The first-order valence-electron chi connectivity index (χ1n) is 7.05. The molecule has 1 atom stereocenters. The van der Waals surface area contributed by atoms with Crippen LogP contribution in [-0.2, 0) is 23.9 Å². The Labute approximate surface area is 122 Å². The van der Waals surface area contributed by atoms with E-state index in [-0.39, 0.29) is 24.5 Å². The Morgan fingerprint density at radius 2 is 1.76 bits per heavy atom. The van der Waals surface area contributed by atoms with Crippen LogP contribution in [0.25, 0.3) is 0 Å². The smallest absolute Gasteiger partial charge is 0.329 e. The maximum atomic E-state index is 12.1. The van der Waals surface area contributed by atoms with E-state index in [1.807, 2.05) is 0 Å². The van der Waals surface area contributed by atoms with Crippen molar-refractivity contribution in [3.8, 4) is 0 Å². The average Bonchev–Trinajstić information content (AvgIpc) is 3.00. The van der Waals surface area contributed by atoms with Crippen LogP contribution in [0.3, 0.4) is 0 Å². The van der Waals surface area contributed by atoms with Crippen molar-refractivity contribution in [1.82, 2.24) is 9.80 Å². The summed E-state index contributed by atoms with van der Waals surface area (Å²) in [5.74, 6) is -1.35. The predicted octanol–water partition coefficient (Wildman–Crippen LogP) is -1.06. The van der Waals surface area contributed by atoms with Gasteiger partial charge in [0.05, 0.1) is 0 Å². The minimum absolute atomic E-state index is 0.00160. The van der Waals surface area contributed by atoms with E-state index in [0.29, 0.717) is 32.8 Å². The van der Waals surface area contributed by atoms with Crippen LogP contribution in [0.4, 0.5) is 0 Å². The average molecular weight is 300 g/mol. The zero-order valence-corrected chi connectivity index (χ0v) is 11.8. The molecule has 2 aliphatic rings. The van der Waals surface area contributed by atoms with E-state index in [0.717, 1.165) is 12.8 Å². The second-order valence-electron chi connectivity index (χ2n) is 5.09. The van der Waals surface area contributed by atoms with Crippen LogP contribution in [0.2, 0.25) is 0 Å². The highest BCUT2D eigenvalue weighted by Crippen LogP contribution is 2.16. The molecule has 8 heteroatoms. The molecule has 0 radical (unpaired) electrons. The second-order valence-corrected chi connectivity index (χ2v) is 5.09. The van der Waals surface area contributed by atoms with E-state index in [1.54, 1.807) is 9.80 Å². The van der Waals surface area contributed by atoms with Gasteiger partial charge in [0, 0.05) is 32.8 Å². The molecule has 0 aliphatic carbocycles. The quantitative estimate of drug-likeness (QED) is 0.695. The van der Waals surface area contributed by atoms with E-state index in [9.17, 15) is 14.4 Å². The molecule has 2 heterocycles. The molecular formula is C13H20N2O6. The number of nitrogens with zero attached hydrogens (tertiary/aromatic N) is 2. The van der Waals surface area contributed by atoms with Crippen molar-refractivity contribution in [2.75, 3.05) is 46.0 Å². The first kappa shape index (κ1) is 15.7. The summed E-state index contributed by atoms with van der Waals surface area (Å²) >= 11 is 0. The number of hydrogen-bond acceptors (Lipinski definition) is 5. The molecule has 2 amide bonds. The van der Waals surface area contributed by atoms with Crippen molar-refractivity contribution < 1.29 is 29.0 Å². The van der Waals surface area contributed by atoms with E-state index < -0.39 is 12.6 Å². The van der Waals surface area contributed by atoms with Crippen LogP contribution in [0.1, 0.15) is 12.8 Å². The first-order valence-corrected chi connectivity index (χ1v) is 7.05. The van der Waals surface area contributed by atoms with Gasteiger partial charge < -0.3 is 24.4 Å². The third-order valence-electron chi connectivity index (χ3n) is 3.60. The van der Waals surface area contributed by atoms with Crippen molar-refractivity contribution in [2.45, 2.75) is 18.9 Å². The molecule has 8 nitrogen and oxygen atoms in total. The summed E-state index contributed by atoms with van der Waals surface area (Å²) < 4.78 is 10.1. The van der Waals surface area contributed by atoms with Gasteiger partial charge >= 0.3 is 5.97 Å². The molecule has 0 saturated carbocycles. The molecule has 0 aromatic rings. The Morgan fingerprint density at radius 3 is 2.33 bits per heavy atom. The molecule has 21 heavy (non-hydrogen) atoms. The highest BCUT2D eigenvalue weighted by molar-refractivity contribution is 5.82.